The van der Waals surface area contributed by atoms with E-state index in [1.54, 1.807) is 0 Å². The summed E-state index contributed by atoms with van der Waals surface area (Å²) in [5, 5.41) is 0. The molecule has 0 spiro atoms. The molecule has 0 unspecified atom stereocenters. The zero-order chi connectivity index (χ0) is 21.8. The van der Waals surface area contributed by atoms with Gasteiger partial charge in [0.2, 0.25) is 5.91 Å². The van der Waals surface area contributed by atoms with Gasteiger partial charge in [0.25, 0.3) is 0 Å². The number of likely N-dealkylation sites (tertiary alicyclic amines) is 1. The van der Waals surface area contributed by atoms with Crippen molar-refractivity contribution >= 4 is 5.91 Å². The second kappa shape index (κ2) is 9.58. The number of hydrogen-bond acceptors (Lipinski definition) is 3. The molecular weight excluding hydrogens is 396 g/mol. The first kappa shape index (κ1) is 20.8. The number of rotatable bonds is 5. The highest BCUT2D eigenvalue weighted by molar-refractivity contribution is 5.79. The molecule has 32 heavy (non-hydrogen) atoms. The lowest BCUT2D eigenvalue weighted by molar-refractivity contribution is -0.138. The number of para-hydroxylation sites is 1. The van der Waals surface area contributed by atoms with Crippen molar-refractivity contribution in [1.82, 2.24) is 9.80 Å². The van der Waals surface area contributed by atoms with Gasteiger partial charge in [-0.15, -0.1) is 0 Å². The smallest absolute Gasteiger partial charge is 0.227 e. The van der Waals surface area contributed by atoms with E-state index in [-0.39, 0.29) is 5.92 Å². The minimum absolute atomic E-state index is 0.0952. The Morgan fingerprint density at radius 2 is 1.66 bits per heavy atom. The zero-order valence-corrected chi connectivity index (χ0v) is 18.5. The second-order valence-electron chi connectivity index (χ2n) is 8.92. The standard InChI is InChI=1S/C28H30N2O2/c31-28(30-17-15-23-9-4-5-10-24(23)21-30)25-11-7-16-29(20-25)19-22-8-6-14-27(18-22)32-26-12-2-1-3-13-26/h1-6,8-10,12-14,18,25H,7,11,15-17,19-21H2/t25-/m0/s1. The van der Waals surface area contributed by atoms with E-state index >= 15 is 0 Å². The van der Waals surface area contributed by atoms with Gasteiger partial charge < -0.3 is 9.64 Å². The van der Waals surface area contributed by atoms with Crippen molar-refractivity contribution < 1.29 is 9.53 Å². The van der Waals surface area contributed by atoms with E-state index < -0.39 is 0 Å². The third-order valence-corrected chi connectivity index (χ3v) is 6.58. The van der Waals surface area contributed by atoms with E-state index in [2.05, 4.69) is 46.2 Å². The Kier molecular flexibility index (Phi) is 6.22. The topological polar surface area (TPSA) is 32.8 Å². The Morgan fingerprint density at radius 3 is 2.53 bits per heavy atom. The minimum Gasteiger partial charge on any atom is -0.457 e. The van der Waals surface area contributed by atoms with Crippen molar-refractivity contribution in [1.29, 1.82) is 0 Å². The number of ether oxygens (including phenoxy) is 1. The first-order valence-electron chi connectivity index (χ1n) is 11.6. The Morgan fingerprint density at radius 1 is 0.875 bits per heavy atom. The van der Waals surface area contributed by atoms with Crippen LogP contribution in [0.1, 0.15) is 29.5 Å². The maximum Gasteiger partial charge on any atom is 0.227 e. The van der Waals surface area contributed by atoms with Gasteiger partial charge in [-0.1, -0.05) is 54.6 Å². The van der Waals surface area contributed by atoms with Gasteiger partial charge in [0.15, 0.2) is 0 Å². The van der Waals surface area contributed by atoms with Crippen LogP contribution in [0.2, 0.25) is 0 Å². The van der Waals surface area contributed by atoms with Crippen LogP contribution in [0.4, 0.5) is 0 Å². The van der Waals surface area contributed by atoms with Crippen molar-refractivity contribution in [3.63, 3.8) is 0 Å². The molecule has 0 saturated carbocycles. The van der Waals surface area contributed by atoms with Gasteiger partial charge in [0, 0.05) is 26.2 Å². The minimum atomic E-state index is 0.0952. The van der Waals surface area contributed by atoms with Crippen molar-refractivity contribution in [2.24, 2.45) is 5.92 Å². The van der Waals surface area contributed by atoms with Gasteiger partial charge in [0.1, 0.15) is 11.5 Å². The summed E-state index contributed by atoms with van der Waals surface area (Å²) >= 11 is 0. The van der Waals surface area contributed by atoms with E-state index in [1.807, 2.05) is 42.5 Å². The average Bonchev–Trinajstić information content (AvgIpc) is 2.84. The number of benzene rings is 3. The van der Waals surface area contributed by atoms with Gasteiger partial charge in [0.05, 0.1) is 5.92 Å². The highest BCUT2D eigenvalue weighted by Crippen LogP contribution is 2.26. The molecule has 1 atom stereocenters. The zero-order valence-electron chi connectivity index (χ0n) is 18.5. The van der Waals surface area contributed by atoms with Gasteiger partial charge in [-0.2, -0.15) is 0 Å². The van der Waals surface area contributed by atoms with E-state index in [4.69, 9.17) is 4.74 Å². The Balaban J connectivity index is 1.20. The fourth-order valence-electron chi connectivity index (χ4n) is 4.93. The monoisotopic (exact) mass is 426 g/mol. The Labute approximate surface area is 190 Å². The lowest BCUT2D eigenvalue weighted by Crippen LogP contribution is -2.46. The molecule has 0 N–H and O–H groups in total. The van der Waals surface area contributed by atoms with E-state index in [0.717, 1.165) is 63.5 Å². The molecule has 1 saturated heterocycles. The summed E-state index contributed by atoms with van der Waals surface area (Å²) in [5.74, 6) is 2.12. The summed E-state index contributed by atoms with van der Waals surface area (Å²) in [6.45, 7) is 4.31. The highest BCUT2D eigenvalue weighted by Gasteiger charge is 2.30. The molecule has 0 aliphatic carbocycles. The molecule has 0 aromatic heterocycles. The summed E-state index contributed by atoms with van der Waals surface area (Å²) in [4.78, 5) is 17.8. The molecule has 1 amide bonds. The number of hydrogen-bond donors (Lipinski definition) is 0. The van der Waals surface area contributed by atoms with Crippen LogP contribution in [0.15, 0.2) is 78.9 Å². The maximum absolute atomic E-state index is 13.3. The lowest BCUT2D eigenvalue weighted by atomic mass is 9.93. The number of carbonyl (C=O) groups excluding carboxylic acids is 1. The summed E-state index contributed by atoms with van der Waals surface area (Å²) in [6, 6.07) is 26.7. The first-order valence-corrected chi connectivity index (χ1v) is 11.6. The fourth-order valence-corrected chi connectivity index (χ4v) is 4.93. The molecule has 1 fully saturated rings. The van der Waals surface area contributed by atoms with Crippen LogP contribution >= 0.6 is 0 Å². The van der Waals surface area contributed by atoms with Crippen molar-refractivity contribution in [2.75, 3.05) is 19.6 Å². The van der Waals surface area contributed by atoms with Crippen LogP contribution in [0.25, 0.3) is 0 Å². The van der Waals surface area contributed by atoms with Gasteiger partial charge in [-0.25, -0.2) is 0 Å². The fraction of sp³-hybridized carbons (Fsp3) is 0.321. The summed E-state index contributed by atoms with van der Waals surface area (Å²) < 4.78 is 6.00. The number of nitrogens with zero attached hydrogens (tertiary/aromatic N) is 2. The second-order valence-corrected chi connectivity index (χ2v) is 8.92. The molecule has 4 nitrogen and oxygen atoms in total. The molecular formula is C28H30N2O2. The molecule has 164 valence electrons. The Bertz CT molecular complexity index is 1070. The van der Waals surface area contributed by atoms with Crippen LogP contribution in [0, 0.1) is 5.92 Å². The average molecular weight is 427 g/mol. The van der Waals surface area contributed by atoms with Crippen molar-refractivity contribution in [3.8, 4) is 11.5 Å². The van der Waals surface area contributed by atoms with Crippen molar-refractivity contribution in [3.05, 3.63) is 95.6 Å². The number of fused-ring (bicyclic) bond motifs is 1. The van der Waals surface area contributed by atoms with E-state index in [1.165, 1.54) is 16.7 Å². The SMILES string of the molecule is O=C([C@H]1CCCN(Cc2cccc(Oc3ccccc3)c2)C1)N1CCc2ccccc2C1. The molecule has 3 aromatic carbocycles. The quantitative estimate of drug-likeness (QED) is 0.557. The van der Waals surface area contributed by atoms with Crippen LogP contribution in [0.3, 0.4) is 0 Å². The summed E-state index contributed by atoms with van der Waals surface area (Å²) in [5.41, 5.74) is 3.91. The summed E-state index contributed by atoms with van der Waals surface area (Å²) in [7, 11) is 0. The molecule has 0 radical (unpaired) electrons. The summed E-state index contributed by atoms with van der Waals surface area (Å²) in [6.07, 6.45) is 3.03. The third kappa shape index (κ3) is 4.86. The van der Waals surface area contributed by atoms with Gasteiger partial charge in [-0.3, -0.25) is 9.69 Å². The predicted octanol–water partition coefficient (Wildman–Crippen LogP) is 5.28. The van der Waals surface area contributed by atoms with Crippen molar-refractivity contribution in [2.45, 2.75) is 32.4 Å². The first-order chi connectivity index (χ1) is 15.7. The van der Waals surface area contributed by atoms with Gasteiger partial charge >= 0.3 is 0 Å². The molecule has 0 bridgehead atoms. The van der Waals surface area contributed by atoms with Crippen LogP contribution in [0.5, 0.6) is 11.5 Å². The molecule has 3 aromatic rings. The highest BCUT2D eigenvalue weighted by atomic mass is 16.5. The lowest BCUT2D eigenvalue weighted by Gasteiger charge is -2.36. The number of carbonyl (C=O) groups is 1. The Hall–Kier alpha value is -3.11. The van der Waals surface area contributed by atoms with Crippen LogP contribution in [-0.4, -0.2) is 35.3 Å². The molecule has 4 heteroatoms. The maximum atomic E-state index is 13.3. The normalized spacial score (nSPS) is 18.8. The number of piperidine rings is 1. The van der Waals surface area contributed by atoms with Gasteiger partial charge in [-0.05, 0) is 66.8 Å². The molecule has 2 heterocycles. The largest absolute Gasteiger partial charge is 0.457 e. The van der Waals surface area contributed by atoms with Crippen LogP contribution < -0.4 is 4.74 Å². The third-order valence-electron chi connectivity index (χ3n) is 6.58. The van der Waals surface area contributed by atoms with Crippen LogP contribution in [-0.2, 0) is 24.3 Å². The molecule has 2 aliphatic rings. The molecule has 2 aliphatic heterocycles. The number of amides is 1. The van der Waals surface area contributed by atoms with E-state index in [9.17, 15) is 4.79 Å². The van der Waals surface area contributed by atoms with E-state index in [0.29, 0.717) is 5.91 Å². The predicted molar refractivity (Wildman–Crippen MR) is 127 cm³/mol. The molecule has 5 rings (SSSR count).